The largest absolute Gasteiger partial charge is 0.484 e. The summed E-state index contributed by atoms with van der Waals surface area (Å²) in [6.07, 6.45) is 0.0785. The molecule has 0 aromatic heterocycles. The second-order valence-corrected chi connectivity index (χ2v) is 13.4. The van der Waals surface area contributed by atoms with E-state index in [4.69, 9.17) is 44.1 Å². The molecule has 4 aromatic rings. The first-order valence-corrected chi connectivity index (χ1v) is 16.3. The van der Waals surface area contributed by atoms with Crippen LogP contribution in [0, 0.1) is 0 Å². The molecule has 264 valence electrons. The molecule has 0 amide bonds. The third-order valence-corrected chi connectivity index (χ3v) is 10.1. The Morgan fingerprint density at radius 3 is 1.14 bits per heavy atom. The molecule has 4 aromatic carbocycles. The molecule has 4 nitrogen and oxygen atoms in total. The van der Waals surface area contributed by atoms with Crippen LogP contribution in [0.4, 0.5) is 37.7 Å². The zero-order valence-electron chi connectivity index (χ0n) is 26.5. The fourth-order valence-electron chi connectivity index (χ4n) is 6.28. The molecule has 51 heavy (non-hydrogen) atoms. The van der Waals surface area contributed by atoms with E-state index in [0.29, 0.717) is 22.5 Å². The molecule has 4 N–H and O–H groups in total. The molecule has 0 spiro atoms. The van der Waals surface area contributed by atoms with Crippen molar-refractivity contribution >= 4 is 34.6 Å². The number of anilines is 2. The topological polar surface area (TPSA) is 70.5 Å². The highest BCUT2D eigenvalue weighted by molar-refractivity contribution is 6.26. The van der Waals surface area contributed by atoms with Gasteiger partial charge in [-0.2, -0.15) is 26.3 Å². The summed E-state index contributed by atoms with van der Waals surface area (Å²) in [6.45, 7) is 0. The van der Waals surface area contributed by atoms with Gasteiger partial charge in [0.15, 0.2) is 0 Å². The van der Waals surface area contributed by atoms with Gasteiger partial charge in [-0.1, -0.05) is 85.0 Å². The van der Waals surface area contributed by atoms with Crippen LogP contribution in [0.15, 0.2) is 146 Å². The molecule has 0 aliphatic heterocycles. The first-order valence-electron chi connectivity index (χ1n) is 15.6. The minimum absolute atomic E-state index is 0.00594. The molecule has 0 saturated heterocycles. The van der Waals surface area contributed by atoms with E-state index in [9.17, 15) is 26.3 Å². The summed E-state index contributed by atoms with van der Waals surface area (Å²) >= 11 is 13.9. The molecule has 2 aliphatic rings. The number of alkyl halides is 8. The van der Waals surface area contributed by atoms with E-state index in [1.54, 1.807) is 97.1 Å². The van der Waals surface area contributed by atoms with Crippen LogP contribution in [0.3, 0.4) is 0 Å². The standard InChI is InChI=1S/C39H30Cl2F6N2O2/c40-35(25-7-15-29(48)16-8-25)23-3-1-5-33(35)50-31-19-11-27(12-20-31)37(38(42,43)44,39(45,46)47)28-13-21-32(22-14-28)51-34-6-2-4-24-36(34,41)26-9-17-30(49)18-10-26/h1-24,33-34H,48-49H2. The van der Waals surface area contributed by atoms with Crippen LogP contribution in [-0.4, -0.2) is 24.6 Å². The highest BCUT2D eigenvalue weighted by Crippen LogP contribution is 2.56. The number of nitrogen functional groups attached to an aromatic ring is 2. The van der Waals surface area contributed by atoms with Crippen LogP contribution in [0.5, 0.6) is 11.5 Å². The average Bonchev–Trinajstić information content (AvgIpc) is 3.08. The Bertz CT molecular complexity index is 1830. The lowest BCUT2D eigenvalue weighted by molar-refractivity contribution is -0.288. The summed E-state index contributed by atoms with van der Waals surface area (Å²) in [5, 5.41) is 0. The molecule has 0 bridgehead atoms. The van der Waals surface area contributed by atoms with Crippen LogP contribution in [0.1, 0.15) is 22.3 Å². The minimum Gasteiger partial charge on any atom is -0.484 e. The maximum Gasteiger partial charge on any atom is 0.411 e. The fraction of sp³-hybridized carbons (Fsp3) is 0.179. The highest BCUT2D eigenvalue weighted by Gasteiger charge is 2.72. The van der Waals surface area contributed by atoms with Crippen LogP contribution < -0.4 is 20.9 Å². The van der Waals surface area contributed by atoms with Crippen LogP contribution in [0.2, 0.25) is 0 Å². The van der Waals surface area contributed by atoms with E-state index < -0.39 is 50.9 Å². The van der Waals surface area contributed by atoms with Gasteiger partial charge in [-0.3, -0.25) is 0 Å². The Hall–Kier alpha value is -4.80. The number of benzene rings is 4. The van der Waals surface area contributed by atoms with Gasteiger partial charge in [0.05, 0.1) is 0 Å². The quantitative estimate of drug-likeness (QED) is 0.107. The molecular formula is C39H30Cl2F6N2O2. The molecule has 0 saturated carbocycles. The number of hydrogen-bond donors (Lipinski definition) is 2. The summed E-state index contributed by atoms with van der Waals surface area (Å²) in [4.78, 5) is -2.46. The van der Waals surface area contributed by atoms with Gasteiger partial charge in [0.2, 0.25) is 5.41 Å². The van der Waals surface area contributed by atoms with Crippen molar-refractivity contribution in [2.24, 2.45) is 0 Å². The van der Waals surface area contributed by atoms with E-state index in [0.717, 1.165) is 48.5 Å². The smallest absolute Gasteiger partial charge is 0.411 e. The van der Waals surface area contributed by atoms with Crippen molar-refractivity contribution in [1.82, 2.24) is 0 Å². The van der Waals surface area contributed by atoms with E-state index in [1.807, 2.05) is 0 Å². The number of halogens is 8. The fourth-order valence-corrected chi connectivity index (χ4v) is 6.91. The first-order chi connectivity index (χ1) is 24.1. The van der Waals surface area contributed by atoms with Gasteiger partial charge in [-0.25, -0.2) is 0 Å². The monoisotopic (exact) mass is 742 g/mol. The lowest BCUT2D eigenvalue weighted by Crippen LogP contribution is -2.54. The van der Waals surface area contributed by atoms with E-state index in [2.05, 4.69) is 0 Å². The van der Waals surface area contributed by atoms with E-state index >= 15 is 0 Å². The van der Waals surface area contributed by atoms with Crippen molar-refractivity contribution in [2.75, 3.05) is 11.5 Å². The van der Waals surface area contributed by atoms with Crippen molar-refractivity contribution in [3.8, 4) is 11.5 Å². The molecule has 6 rings (SSSR count). The number of hydrogen-bond acceptors (Lipinski definition) is 4. The lowest BCUT2D eigenvalue weighted by atomic mass is 9.73. The normalized spacial score (nSPS) is 23.3. The second-order valence-electron chi connectivity index (χ2n) is 12.1. The third-order valence-electron chi connectivity index (χ3n) is 8.96. The van der Waals surface area contributed by atoms with Crippen molar-refractivity contribution in [3.63, 3.8) is 0 Å². The zero-order valence-corrected chi connectivity index (χ0v) is 28.0. The summed E-state index contributed by atoms with van der Waals surface area (Å²) in [7, 11) is 0. The second kappa shape index (κ2) is 13.4. The molecule has 4 unspecified atom stereocenters. The summed E-state index contributed by atoms with van der Waals surface area (Å²) in [6, 6.07) is 20.7. The maximum atomic E-state index is 15.0. The zero-order chi connectivity index (χ0) is 36.7. The van der Waals surface area contributed by atoms with E-state index in [-0.39, 0.29) is 11.5 Å². The maximum absolute atomic E-state index is 15.0. The van der Waals surface area contributed by atoms with Gasteiger partial charge in [-0.05, 0) is 82.9 Å². The predicted molar refractivity (Wildman–Crippen MR) is 188 cm³/mol. The third kappa shape index (κ3) is 6.58. The summed E-state index contributed by atoms with van der Waals surface area (Å²) in [5.41, 5.74) is 7.37. The first kappa shape index (κ1) is 36.0. The van der Waals surface area contributed by atoms with Gasteiger partial charge in [-0.15, -0.1) is 23.2 Å². The van der Waals surface area contributed by atoms with Crippen molar-refractivity contribution in [3.05, 3.63) is 168 Å². The Kier molecular flexibility index (Phi) is 9.46. The van der Waals surface area contributed by atoms with Crippen molar-refractivity contribution in [1.29, 1.82) is 0 Å². The van der Waals surface area contributed by atoms with Crippen LogP contribution >= 0.6 is 23.2 Å². The number of ether oxygens (including phenoxy) is 2. The predicted octanol–water partition coefficient (Wildman–Crippen LogP) is 10.3. The highest BCUT2D eigenvalue weighted by atomic mass is 35.5. The van der Waals surface area contributed by atoms with E-state index in [1.165, 1.54) is 0 Å². The number of rotatable bonds is 8. The molecule has 0 heterocycles. The molecule has 4 atom stereocenters. The van der Waals surface area contributed by atoms with Gasteiger partial charge in [0.25, 0.3) is 0 Å². The molecular weight excluding hydrogens is 713 g/mol. The molecule has 0 radical (unpaired) electrons. The number of allylic oxidation sites excluding steroid dienone is 4. The summed E-state index contributed by atoms with van der Waals surface area (Å²) in [5.74, 6) is 0.0119. The minimum atomic E-state index is -5.80. The van der Waals surface area contributed by atoms with Crippen LogP contribution in [0.25, 0.3) is 0 Å². The van der Waals surface area contributed by atoms with Gasteiger partial charge in [0.1, 0.15) is 33.5 Å². The summed E-state index contributed by atoms with van der Waals surface area (Å²) < 4.78 is 102. The molecule has 0 fully saturated rings. The van der Waals surface area contributed by atoms with Gasteiger partial charge >= 0.3 is 12.4 Å². The molecule has 2 aliphatic carbocycles. The van der Waals surface area contributed by atoms with Crippen molar-refractivity contribution in [2.45, 2.75) is 39.7 Å². The number of nitrogens with two attached hydrogens (primary N) is 2. The molecule has 12 heteroatoms. The lowest BCUT2D eigenvalue weighted by Gasteiger charge is -2.38. The van der Waals surface area contributed by atoms with Crippen molar-refractivity contribution < 1.29 is 35.8 Å². The van der Waals surface area contributed by atoms with Gasteiger partial charge < -0.3 is 20.9 Å². The Morgan fingerprint density at radius 1 is 0.490 bits per heavy atom. The SMILES string of the molecule is Nc1ccc(C2(Cl)C=CC=CC2Oc2ccc(C(c3ccc(OC4C=CC=CC4(Cl)c4ccc(N)cc4)cc3)(C(F)(F)F)C(F)(F)F)cc2)cc1. The van der Waals surface area contributed by atoms with Crippen LogP contribution in [-0.2, 0) is 15.2 Å². The Morgan fingerprint density at radius 2 is 0.824 bits per heavy atom. The Balaban J connectivity index is 1.30. The van der Waals surface area contributed by atoms with Gasteiger partial charge in [0, 0.05) is 11.4 Å². The Labute approximate surface area is 300 Å². The average molecular weight is 744 g/mol.